The molecule has 3 fully saturated rings. The lowest BCUT2D eigenvalue weighted by Gasteiger charge is -2.37. The lowest BCUT2D eigenvalue weighted by Crippen LogP contribution is -2.57. The van der Waals surface area contributed by atoms with Crippen molar-refractivity contribution in [2.75, 3.05) is 42.6 Å². The van der Waals surface area contributed by atoms with Crippen molar-refractivity contribution in [3.8, 4) is 5.75 Å². The second-order valence-electron chi connectivity index (χ2n) is 13.3. The summed E-state index contributed by atoms with van der Waals surface area (Å²) in [5, 5.41) is 9.43. The fraction of sp³-hybridized carbons (Fsp3) is 0.513. The number of para-hydroxylation sites is 1. The SMILES string of the molecule is C=CCN(C(=O)[C@@H]1[C@H]2C(=O)N(CCCCCO)C(C(=O)N(CC=C)c3c(C)cccc3C)C23CC[C@@]1(CC)O3)c1ccc(OCC)cc1. The number of rotatable bonds is 16. The van der Waals surface area contributed by atoms with Crippen molar-refractivity contribution in [2.24, 2.45) is 11.8 Å². The monoisotopic (exact) mass is 657 g/mol. The Labute approximate surface area is 285 Å². The fourth-order valence-electron chi connectivity index (χ4n) is 8.49. The topological polar surface area (TPSA) is 99.6 Å². The molecule has 48 heavy (non-hydrogen) atoms. The zero-order chi connectivity index (χ0) is 34.6. The summed E-state index contributed by atoms with van der Waals surface area (Å²) in [4.78, 5) is 49.9. The summed E-state index contributed by atoms with van der Waals surface area (Å²) in [6.45, 7) is 17.2. The Hall–Kier alpha value is -3.95. The molecule has 0 saturated carbocycles. The van der Waals surface area contributed by atoms with Crippen LogP contribution in [0.25, 0.3) is 0 Å². The smallest absolute Gasteiger partial charge is 0.253 e. The molecule has 1 N–H and O–H groups in total. The first-order chi connectivity index (χ1) is 23.1. The van der Waals surface area contributed by atoms with Crippen LogP contribution in [-0.4, -0.2) is 77.8 Å². The summed E-state index contributed by atoms with van der Waals surface area (Å²) in [7, 11) is 0. The van der Waals surface area contributed by atoms with Crippen molar-refractivity contribution in [3.05, 3.63) is 78.9 Å². The number of aliphatic hydroxyl groups is 1. The third kappa shape index (κ3) is 5.96. The van der Waals surface area contributed by atoms with E-state index in [1.165, 1.54) is 0 Å². The minimum Gasteiger partial charge on any atom is -0.494 e. The van der Waals surface area contributed by atoms with Crippen LogP contribution in [0.15, 0.2) is 67.8 Å². The van der Waals surface area contributed by atoms with Gasteiger partial charge in [0.05, 0.1) is 24.0 Å². The highest BCUT2D eigenvalue weighted by molar-refractivity contribution is 6.07. The summed E-state index contributed by atoms with van der Waals surface area (Å²) < 4.78 is 12.7. The molecule has 2 bridgehead atoms. The summed E-state index contributed by atoms with van der Waals surface area (Å²) in [6, 6.07) is 12.4. The summed E-state index contributed by atoms with van der Waals surface area (Å²) in [5.41, 5.74) is 1.33. The van der Waals surface area contributed by atoms with Gasteiger partial charge in [0.15, 0.2) is 0 Å². The van der Waals surface area contributed by atoms with E-state index in [-0.39, 0.29) is 37.4 Å². The highest BCUT2D eigenvalue weighted by Gasteiger charge is 2.79. The van der Waals surface area contributed by atoms with Gasteiger partial charge in [0.25, 0.3) is 5.91 Å². The molecule has 9 nitrogen and oxygen atoms in total. The number of aliphatic hydroxyl groups excluding tert-OH is 1. The van der Waals surface area contributed by atoms with Gasteiger partial charge in [-0.05, 0) is 94.7 Å². The van der Waals surface area contributed by atoms with Gasteiger partial charge < -0.3 is 29.3 Å². The van der Waals surface area contributed by atoms with Crippen molar-refractivity contribution >= 4 is 29.1 Å². The summed E-state index contributed by atoms with van der Waals surface area (Å²) >= 11 is 0. The Bertz CT molecular complexity index is 1500. The second-order valence-corrected chi connectivity index (χ2v) is 13.3. The molecule has 0 radical (unpaired) electrons. The van der Waals surface area contributed by atoms with Crippen molar-refractivity contribution in [1.82, 2.24) is 4.90 Å². The highest BCUT2D eigenvalue weighted by Crippen LogP contribution is 2.65. The largest absolute Gasteiger partial charge is 0.494 e. The lowest BCUT2D eigenvalue weighted by atomic mass is 9.64. The molecular weight excluding hydrogens is 606 g/mol. The molecular formula is C39H51N3O6. The summed E-state index contributed by atoms with van der Waals surface area (Å²) in [5.74, 6) is -1.52. The molecule has 258 valence electrons. The van der Waals surface area contributed by atoms with Gasteiger partial charge in [-0.3, -0.25) is 14.4 Å². The molecule has 2 aromatic rings. The average molecular weight is 658 g/mol. The van der Waals surface area contributed by atoms with Crippen LogP contribution in [0.5, 0.6) is 5.75 Å². The van der Waals surface area contributed by atoms with Crippen LogP contribution in [-0.2, 0) is 19.1 Å². The Morgan fingerprint density at radius 3 is 2.25 bits per heavy atom. The molecule has 9 heteroatoms. The predicted molar refractivity (Wildman–Crippen MR) is 188 cm³/mol. The number of hydrogen-bond donors (Lipinski definition) is 1. The van der Waals surface area contributed by atoms with Crippen molar-refractivity contribution in [2.45, 2.75) is 83.5 Å². The first-order valence-corrected chi connectivity index (χ1v) is 17.4. The van der Waals surface area contributed by atoms with Gasteiger partial charge in [0.2, 0.25) is 11.8 Å². The van der Waals surface area contributed by atoms with Crippen LogP contribution in [0.4, 0.5) is 11.4 Å². The van der Waals surface area contributed by atoms with Gasteiger partial charge >= 0.3 is 0 Å². The lowest BCUT2D eigenvalue weighted by molar-refractivity contribution is -0.146. The average Bonchev–Trinajstić information content (AvgIpc) is 3.68. The molecule has 5 rings (SSSR count). The van der Waals surface area contributed by atoms with E-state index in [0.29, 0.717) is 63.1 Å². The standard InChI is InChI=1S/C39H51N3O6/c1-7-23-40(29-17-19-30(20-18-29)47-10-4)35(44)31-32-36(45)42(25-12-11-13-26-43)34(39(32)22-21-38(31,9-3)48-39)37(46)41(24-8-2)33-27(5)15-14-16-28(33)6/h7-8,14-20,31-32,34,43H,1-2,9-13,21-26H2,3-6H3/t31-,32-,34?,38+,39?/m0/s1. The Morgan fingerprint density at radius 1 is 0.979 bits per heavy atom. The Morgan fingerprint density at radius 2 is 1.65 bits per heavy atom. The number of benzene rings is 2. The molecule has 0 aromatic heterocycles. The zero-order valence-corrected chi connectivity index (χ0v) is 29.0. The number of nitrogens with zero attached hydrogens (tertiary/aromatic N) is 3. The quantitative estimate of drug-likeness (QED) is 0.182. The van der Waals surface area contributed by atoms with E-state index in [0.717, 1.165) is 16.8 Å². The van der Waals surface area contributed by atoms with Gasteiger partial charge in [-0.15, -0.1) is 13.2 Å². The van der Waals surface area contributed by atoms with Crippen LogP contribution in [0.3, 0.4) is 0 Å². The van der Waals surface area contributed by atoms with Gasteiger partial charge in [0, 0.05) is 37.6 Å². The zero-order valence-electron chi connectivity index (χ0n) is 29.0. The molecule has 3 amide bonds. The first kappa shape index (κ1) is 35.4. The number of carbonyl (C=O) groups excluding carboxylic acids is 3. The van der Waals surface area contributed by atoms with Crippen LogP contribution in [0.1, 0.15) is 63.5 Å². The van der Waals surface area contributed by atoms with E-state index in [4.69, 9.17) is 9.47 Å². The highest BCUT2D eigenvalue weighted by atomic mass is 16.5. The Balaban J connectivity index is 1.60. The van der Waals surface area contributed by atoms with Gasteiger partial charge in [-0.2, -0.15) is 0 Å². The number of likely N-dealkylation sites (tertiary alicyclic amines) is 1. The van der Waals surface area contributed by atoms with E-state index in [1.54, 1.807) is 26.9 Å². The maximum absolute atomic E-state index is 15.1. The predicted octanol–water partition coefficient (Wildman–Crippen LogP) is 5.76. The normalized spacial score (nSPS) is 25.6. The molecule has 3 aliphatic heterocycles. The molecule has 0 aliphatic carbocycles. The molecule has 3 heterocycles. The van der Waals surface area contributed by atoms with E-state index in [2.05, 4.69) is 13.2 Å². The number of anilines is 2. The molecule has 2 unspecified atom stereocenters. The number of unbranched alkanes of at least 4 members (excludes halogenated alkanes) is 2. The van der Waals surface area contributed by atoms with Crippen molar-refractivity contribution in [1.29, 1.82) is 0 Å². The molecule has 3 aliphatic rings. The fourth-order valence-corrected chi connectivity index (χ4v) is 8.49. The second kappa shape index (κ2) is 14.7. The molecule has 5 atom stereocenters. The minimum absolute atomic E-state index is 0.0614. The van der Waals surface area contributed by atoms with Gasteiger partial charge in [-0.25, -0.2) is 0 Å². The molecule has 3 saturated heterocycles. The summed E-state index contributed by atoms with van der Waals surface area (Å²) in [6.07, 6.45) is 6.93. The van der Waals surface area contributed by atoms with Crippen LogP contribution in [0, 0.1) is 25.7 Å². The maximum Gasteiger partial charge on any atom is 0.253 e. The van der Waals surface area contributed by atoms with Gasteiger partial charge in [0.1, 0.15) is 17.4 Å². The van der Waals surface area contributed by atoms with E-state index in [9.17, 15) is 14.7 Å². The van der Waals surface area contributed by atoms with Crippen LogP contribution in [0.2, 0.25) is 0 Å². The van der Waals surface area contributed by atoms with E-state index < -0.39 is 29.1 Å². The van der Waals surface area contributed by atoms with Crippen LogP contribution >= 0.6 is 0 Å². The Kier molecular flexibility index (Phi) is 10.8. The number of ether oxygens (including phenoxy) is 2. The number of amides is 3. The van der Waals surface area contributed by atoms with E-state index >= 15 is 4.79 Å². The van der Waals surface area contributed by atoms with Gasteiger partial charge in [-0.1, -0.05) is 37.3 Å². The molecule has 1 spiro atoms. The van der Waals surface area contributed by atoms with E-state index in [1.807, 2.05) is 70.2 Å². The third-order valence-electron chi connectivity index (χ3n) is 10.6. The number of carbonyl (C=O) groups is 3. The minimum atomic E-state index is -1.16. The number of aryl methyl sites for hydroxylation is 2. The molecule has 2 aromatic carbocycles. The number of fused-ring (bicyclic) bond motifs is 1. The van der Waals surface area contributed by atoms with Crippen molar-refractivity contribution in [3.63, 3.8) is 0 Å². The third-order valence-corrected chi connectivity index (χ3v) is 10.6. The maximum atomic E-state index is 15.1. The van der Waals surface area contributed by atoms with Crippen LogP contribution < -0.4 is 14.5 Å². The number of hydrogen-bond acceptors (Lipinski definition) is 6. The first-order valence-electron chi connectivity index (χ1n) is 17.4. The van der Waals surface area contributed by atoms with Crippen molar-refractivity contribution < 1.29 is 29.0 Å².